The molecular formula is C22H16FN3O2. The molecule has 2 aromatic carbocycles. The number of carbonyl (C=O) groups excluding carboxylic acids is 2. The van der Waals surface area contributed by atoms with E-state index in [2.05, 4.69) is 10.3 Å². The van der Waals surface area contributed by atoms with Crippen LogP contribution in [0.25, 0.3) is 5.57 Å². The summed E-state index contributed by atoms with van der Waals surface area (Å²) in [5.74, 6) is -1.26. The van der Waals surface area contributed by atoms with Crippen molar-refractivity contribution in [2.45, 2.75) is 6.54 Å². The Balaban J connectivity index is 1.74. The van der Waals surface area contributed by atoms with Crippen molar-refractivity contribution in [2.24, 2.45) is 0 Å². The largest absolute Gasteiger partial charge is 0.350 e. The summed E-state index contributed by atoms with van der Waals surface area (Å²) in [4.78, 5) is 31.3. The van der Waals surface area contributed by atoms with Crippen LogP contribution in [0.4, 0.5) is 10.1 Å². The van der Waals surface area contributed by atoms with E-state index in [0.29, 0.717) is 11.3 Å². The van der Waals surface area contributed by atoms with Crippen LogP contribution < -0.4 is 5.32 Å². The van der Waals surface area contributed by atoms with Gasteiger partial charge in [-0.25, -0.2) is 4.39 Å². The summed E-state index contributed by atoms with van der Waals surface area (Å²) in [6, 6.07) is 18.2. The first-order valence-electron chi connectivity index (χ1n) is 8.71. The molecule has 6 heteroatoms. The Morgan fingerprint density at radius 3 is 2.21 bits per heavy atom. The predicted octanol–water partition coefficient (Wildman–Crippen LogP) is 3.61. The summed E-state index contributed by atoms with van der Waals surface area (Å²) in [6.07, 6.45) is 3.22. The number of hydrogen-bond donors (Lipinski definition) is 1. The molecule has 1 aliphatic rings. The van der Waals surface area contributed by atoms with Crippen LogP contribution in [0, 0.1) is 5.82 Å². The molecule has 0 unspecified atom stereocenters. The monoisotopic (exact) mass is 373 g/mol. The molecule has 0 bridgehead atoms. The first-order chi connectivity index (χ1) is 13.6. The molecule has 2 heterocycles. The quantitative estimate of drug-likeness (QED) is 0.694. The first kappa shape index (κ1) is 17.6. The summed E-state index contributed by atoms with van der Waals surface area (Å²) in [5.41, 5.74) is 2.36. The number of imide groups is 1. The second kappa shape index (κ2) is 7.44. The van der Waals surface area contributed by atoms with Gasteiger partial charge in [0.05, 0.1) is 12.1 Å². The summed E-state index contributed by atoms with van der Waals surface area (Å²) in [7, 11) is 0. The first-order valence-corrected chi connectivity index (χ1v) is 8.71. The number of pyridine rings is 1. The Kier molecular flexibility index (Phi) is 4.68. The number of nitrogens with zero attached hydrogens (tertiary/aromatic N) is 2. The molecule has 0 atom stereocenters. The summed E-state index contributed by atoms with van der Waals surface area (Å²) in [5, 5.41) is 3.06. The van der Waals surface area contributed by atoms with Crippen LogP contribution in [-0.4, -0.2) is 21.7 Å². The summed E-state index contributed by atoms with van der Waals surface area (Å²) in [6.45, 7) is 0.130. The van der Waals surface area contributed by atoms with Crippen molar-refractivity contribution in [3.05, 3.63) is 102 Å². The Hall–Kier alpha value is -3.80. The number of para-hydroxylation sites is 1. The Bertz CT molecular complexity index is 1050. The third kappa shape index (κ3) is 3.40. The van der Waals surface area contributed by atoms with Gasteiger partial charge in [0.1, 0.15) is 11.5 Å². The van der Waals surface area contributed by atoms with E-state index >= 15 is 0 Å². The summed E-state index contributed by atoms with van der Waals surface area (Å²) < 4.78 is 13.4. The van der Waals surface area contributed by atoms with Gasteiger partial charge in [0.15, 0.2) is 0 Å². The average molecular weight is 373 g/mol. The highest BCUT2D eigenvalue weighted by Gasteiger charge is 2.39. The van der Waals surface area contributed by atoms with E-state index in [1.54, 1.807) is 36.7 Å². The number of carbonyl (C=O) groups is 2. The highest BCUT2D eigenvalue weighted by Crippen LogP contribution is 2.31. The van der Waals surface area contributed by atoms with Gasteiger partial charge in [-0.1, -0.05) is 30.3 Å². The van der Waals surface area contributed by atoms with E-state index in [0.717, 1.165) is 5.56 Å². The third-order valence-electron chi connectivity index (χ3n) is 4.43. The molecule has 5 nitrogen and oxygen atoms in total. The van der Waals surface area contributed by atoms with Crippen LogP contribution in [0.2, 0.25) is 0 Å². The lowest BCUT2D eigenvalue weighted by atomic mass is 10.0. The number of rotatable bonds is 5. The molecule has 0 saturated carbocycles. The molecule has 1 aliphatic heterocycles. The Morgan fingerprint density at radius 2 is 1.54 bits per heavy atom. The van der Waals surface area contributed by atoms with Crippen molar-refractivity contribution >= 4 is 23.1 Å². The fraction of sp³-hybridized carbons (Fsp3) is 0.0455. The van der Waals surface area contributed by atoms with E-state index in [9.17, 15) is 14.0 Å². The second-order valence-electron chi connectivity index (χ2n) is 6.30. The van der Waals surface area contributed by atoms with Crippen molar-refractivity contribution in [1.82, 2.24) is 9.88 Å². The maximum atomic E-state index is 13.4. The second-order valence-corrected chi connectivity index (χ2v) is 6.30. The molecule has 4 rings (SSSR count). The van der Waals surface area contributed by atoms with Gasteiger partial charge in [-0.15, -0.1) is 0 Å². The zero-order valence-corrected chi connectivity index (χ0v) is 14.8. The van der Waals surface area contributed by atoms with Crippen LogP contribution in [0.3, 0.4) is 0 Å². The molecule has 0 spiro atoms. The minimum atomic E-state index is -0.426. The summed E-state index contributed by atoms with van der Waals surface area (Å²) >= 11 is 0. The minimum Gasteiger partial charge on any atom is -0.350 e. The fourth-order valence-electron chi connectivity index (χ4n) is 3.06. The van der Waals surface area contributed by atoms with Crippen molar-refractivity contribution < 1.29 is 14.0 Å². The number of nitrogens with one attached hydrogen (secondary N) is 1. The van der Waals surface area contributed by atoms with Gasteiger partial charge in [0, 0.05) is 18.1 Å². The van der Waals surface area contributed by atoms with E-state index in [1.165, 1.54) is 29.2 Å². The Labute approximate surface area is 161 Å². The topological polar surface area (TPSA) is 62.3 Å². The van der Waals surface area contributed by atoms with Crippen LogP contribution in [0.15, 0.2) is 84.8 Å². The van der Waals surface area contributed by atoms with Crippen LogP contribution in [0.5, 0.6) is 0 Å². The smallest absolute Gasteiger partial charge is 0.278 e. The molecule has 138 valence electrons. The van der Waals surface area contributed by atoms with Gasteiger partial charge < -0.3 is 5.32 Å². The number of benzene rings is 2. The van der Waals surface area contributed by atoms with Gasteiger partial charge in [-0.3, -0.25) is 19.5 Å². The molecule has 28 heavy (non-hydrogen) atoms. The van der Waals surface area contributed by atoms with Crippen molar-refractivity contribution in [3.63, 3.8) is 0 Å². The van der Waals surface area contributed by atoms with Gasteiger partial charge in [0.25, 0.3) is 11.8 Å². The van der Waals surface area contributed by atoms with Crippen molar-refractivity contribution in [2.75, 3.05) is 5.32 Å². The number of hydrogen-bond acceptors (Lipinski definition) is 4. The molecular weight excluding hydrogens is 357 g/mol. The Morgan fingerprint density at radius 1 is 0.857 bits per heavy atom. The maximum absolute atomic E-state index is 13.4. The van der Waals surface area contributed by atoms with Crippen molar-refractivity contribution in [1.29, 1.82) is 0 Å². The highest BCUT2D eigenvalue weighted by atomic mass is 19.1. The average Bonchev–Trinajstić information content (AvgIpc) is 2.95. The van der Waals surface area contributed by atoms with Crippen LogP contribution in [-0.2, 0) is 16.1 Å². The standard InChI is InChI=1S/C22H16FN3O2/c23-17-8-6-16(7-9-17)19-20(25-18-4-2-1-3-5-18)22(28)26(21(19)27)14-15-10-12-24-13-11-15/h1-13,25H,14H2. The molecule has 0 radical (unpaired) electrons. The SMILES string of the molecule is O=C1C(Nc2ccccc2)=C(c2ccc(F)cc2)C(=O)N1Cc1ccncc1. The fourth-order valence-corrected chi connectivity index (χ4v) is 3.06. The van der Waals surface area contributed by atoms with Crippen LogP contribution in [0.1, 0.15) is 11.1 Å². The third-order valence-corrected chi connectivity index (χ3v) is 4.43. The zero-order chi connectivity index (χ0) is 19.5. The minimum absolute atomic E-state index is 0.130. The normalized spacial score (nSPS) is 14.0. The van der Waals surface area contributed by atoms with Gasteiger partial charge in [-0.2, -0.15) is 0 Å². The molecule has 3 aromatic rings. The molecule has 0 aliphatic carbocycles. The lowest BCUT2D eigenvalue weighted by molar-refractivity contribution is -0.137. The van der Waals surface area contributed by atoms with Crippen LogP contribution >= 0.6 is 0 Å². The van der Waals surface area contributed by atoms with E-state index in [-0.39, 0.29) is 17.8 Å². The molecule has 0 fully saturated rings. The number of aromatic nitrogens is 1. The highest BCUT2D eigenvalue weighted by molar-refractivity contribution is 6.36. The maximum Gasteiger partial charge on any atom is 0.278 e. The number of anilines is 1. The lowest BCUT2D eigenvalue weighted by Crippen LogP contribution is -2.32. The van der Waals surface area contributed by atoms with Gasteiger partial charge in [0.2, 0.25) is 0 Å². The van der Waals surface area contributed by atoms with E-state index in [4.69, 9.17) is 0 Å². The number of amides is 2. The van der Waals surface area contributed by atoms with E-state index in [1.807, 2.05) is 18.2 Å². The molecule has 0 saturated heterocycles. The molecule has 1 N–H and O–H groups in total. The predicted molar refractivity (Wildman–Crippen MR) is 103 cm³/mol. The lowest BCUT2D eigenvalue weighted by Gasteiger charge is -2.15. The van der Waals surface area contributed by atoms with Gasteiger partial charge >= 0.3 is 0 Å². The number of halogens is 1. The van der Waals surface area contributed by atoms with E-state index < -0.39 is 17.6 Å². The van der Waals surface area contributed by atoms with Crippen molar-refractivity contribution in [3.8, 4) is 0 Å². The molecule has 2 amide bonds. The van der Waals surface area contributed by atoms with Gasteiger partial charge in [-0.05, 0) is 47.5 Å². The molecule has 1 aromatic heterocycles. The zero-order valence-electron chi connectivity index (χ0n) is 14.8.